The molecule has 2 rings (SSSR count). The minimum absolute atomic E-state index is 0.119. The fourth-order valence-corrected chi connectivity index (χ4v) is 3.22. The van der Waals surface area contributed by atoms with Crippen molar-refractivity contribution in [1.29, 1.82) is 0 Å². The molecule has 2 aromatic carbocycles. The summed E-state index contributed by atoms with van der Waals surface area (Å²) in [6, 6.07) is 10.7. The van der Waals surface area contributed by atoms with Crippen molar-refractivity contribution in [3.63, 3.8) is 0 Å². The van der Waals surface area contributed by atoms with Gasteiger partial charge in [-0.05, 0) is 81.1 Å². The van der Waals surface area contributed by atoms with Crippen molar-refractivity contribution in [2.24, 2.45) is 0 Å². The molecule has 0 bridgehead atoms. The van der Waals surface area contributed by atoms with Crippen LogP contribution in [0.1, 0.15) is 42.2 Å². The lowest BCUT2D eigenvalue weighted by Crippen LogP contribution is -2.33. The second-order valence-electron chi connectivity index (χ2n) is 7.28. The number of phenols is 1. The molecule has 0 saturated carbocycles. The van der Waals surface area contributed by atoms with E-state index in [4.69, 9.17) is 4.74 Å². The number of carbonyl (C=O) groups excluding carboxylic acids is 1. The van der Waals surface area contributed by atoms with Crippen LogP contribution < -0.4 is 10.6 Å². The molecule has 0 aliphatic rings. The second-order valence-corrected chi connectivity index (χ2v) is 7.28. The molecule has 158 valence electrons. The average Bonchev–Trinajstić information content (AvgIpc) is 2.69. The molecule has 0 spiro atoms. The van der Waals surface area contributed by atoms with Crippen molar-refractivity contribution >= 4 is 11.7 Å². The Morgan fingerprint density at radius 3 is 2.48 bits per heavy atom. The molecule has 0 unspecified atom stereocenters. The number of benzene rings is 2. The van der Waals surface area contributed by atoms with Gasteiger partial charge in [0, 0.05) is 11.7 Å². The smallest absolute Gasteiger partial charge is 0.325 e. The Morgan fingerprint density at radius 1 is 1.14 bits per heavy atom. The Labute approximate surface area is 172 Å². The molecule has 29 heavy (non-hydrogen) atoms. The number of aliphatic hydroxyl groups excluding tert-OH is 1. The van der Waals surface area contributed by atoms with E-state index >= 15 is 0 Å². The van der Waals surface area contributed by atoms with Crippen LogP contribution in [0.2, 0.25) is 0 Å². The number of carbonyl (C=O) groups is 1. The number of anilines is 1. The number of aromatic hydroxyl groups is 1. The Hall–Kier alpha value is -2.57. The van der Waals surface area contributed by atoms with Gasteiger partial charge < -0.3 is 25.6 Å². The van der Waals surface area contributed by atoms with Crippen LogP contribution in [-0.2, 0) is 16.0 Å². The minimum atomic E-state index is -0.645. The first kappa shape index (κ1) is 22.7. The standard InChI is InChI=1S/C23H32N2O4/c1-5-29-22(27)14-25-21-13-15(2)19(12-16(21)3)10-11-24-17(4)23(28)18-6-8-20(26)9-7-18/h6-9,12-13,17,23-26,28H,5,10-11,14H2,1-4H3/t17-,23-/m0/s1. The van der Waals surface area contributed by atoms with Gasteiger partial charge in [-0.15, -0.1) is 0 Å². The lowest BCUT2D eigenvalue weighted by Gasteiger charge is -2.21. The van der Waals surface area contributed by atoms with Crippen LogP contribution in [-0.4, -0.2) is 41.9 Å². The SMILES string of the molecule is CCOC(=O)CNc1cc(C)c(CCN[C@@H](C)[C@H](O)c2ccc(O)cc2)cc1C. The van der Waals surface area contributed by atoms with Gasteiger partial charge in [0.15, 0.2) is 0 Å². The Bertz CT molecular complexity index is 805. The first-order valence-corrected chi connectivity index (χ1v) is 10.0. The molecule has 0 aromatic heterocycles. The molecule has 2 aromatic rings. The first-order chi connectivity index (χ1) is 13.8. The monoisotopic (exact) mass is 400 g/mol. The Morgan fingerprint density at radius 2 is 1.83 bits per heavy atom. The number of aliphatic hydroxyl groups is 1. The quantitative estimate of drug-likeness (QED) is 0.458. The van der Waals surface area contributed by atoms with Crippen LogP contribution in [0.3, 0.4) is 0 Å². The van der Waals surface area contributed by atoms with Crippen molar-refractivity contribution in [3.8, 4) is 5.75 Å². The summed E-state index contributed by atoms with van der Waals surface area (Å²) in [5.41, 5.74) is 5.15. The summed E-state index contributed by atoms with van der Waals surface area (Å²) in [5.74, 6) is -0.0772. The third-order valence-electron chi connectivity index (χ3n) is 4.98. The summed E-state index contributed by atoms with van der Waals surface area (Å²) in [7, 11) is 0. The molecule has 0 amide bonds. The van der Waals surface area contributed by atoms with E-state index < -0.39 is 6.10 Å². The van der Waals surface area contributed by atoms with E-state index in [2.05, 4.69) is 29.7 Å². The fourth-order valence-electron chi connectivity index (χ4n) is 3.22. The number of hydrogen-bond donors (Lipinski definition) is 4. The summed E-state index contributed by atoms with van der Waals surface area (Å²) >= 11 is 0. The predicted octanol–water partition coefficient (Wildman–Crippen LogP) is 3.24. The van der Waals surface area contributed by atoms with Gasteiger partial charge in [0.2, 0.25) is 0 Å². The lowest BCUT2D eigenvalue weighted by atomic mass is 10.00. The highest BCUT2D eigenvalue weighted by Crippen LogP contribution is 2.22. The zero-order valence-corrected chi connectivity index (χ0v) is 17.7. The maximum atomic E-state index is 11.5. The second kappa shape index (κ2) is 10.8. The van der Waals surface area contributed by atoms with Crippen LogP contribution in [0.15, 0.2) is 36.4 Å². The zero-order chi connectivity index (χ0) is 21.4. The van der Waals surface area contributed by atoms with Crippen LogP contribution in [0.5, 0.6) is 5.75 Å². The van der Waals surface area contributed by atoms with Crippen LogP contribution in [0.4, 0.5) is 5.69 Å². The third kappa shape index (κ3) is 6.76. The van der Waals surface area contributed by atoms with Crippen molar-refractivity contribution in [1.82, 2.24) is 5.32 Å². The number of nitrogens with one attached hydrogen (secondary N) is 2. The number of phenolic OH excluding ortho intramolecular Hbond substituents is 1. The highest BCUT2D eigenvalue weighted by atomic mass is 16.5. The molecular formula is C23H32N2O4. The highest BCUT2D eigenvalue weighted by Gasteiger charge is 2.16. The Kier molecular flexibility index (Phi) is 8.49. The summed E-state index contributed by atoms with van der Waals surface area (Å²) in [6.45, 7) is 9.07. The molecule has 6 heteroatoms. The fraction of sp³-hybridized carbons (Fsp3) is 0.435. The van der Waals surface area contributed by atoms with Crippen LogP contribution in [0, 0.1) is 13.8 Å². The molecule has 6 nitrogen and oxygen atoms in total. The van der Waals surface area contributed by atoms with Gasteiger partial charge in [0.05, 0.1) is 12.7 Å². The minimum Gasteiger partial charge on any atom is -0.508 e. The molecule has 0 fully saturated rings. The van der Waals surface area contributed by atoms with Gasteiger partial charge in [-0.25, -0.2) is 0 Å². The van der Waals surface area contributed by atoms with E-state index in [1.165, 1.54) is 5.56 Å². The van der Waals surface area contributed by atoms with Crippen molar-refractivity contribution in [3.05, 3.63) is 58.7 Å². The van der Waals surface area contributed by atoms with Crippen molar-refractivity contribution in [2.75, 3.05) is 25.0 Å². The number of ether oxygens (including phenoxy) is 1. The highest BCUT2D eigenvalue weighted by molar-refractivity contribution is 5.75. The van der Waals surface area contributed by atoms with Gasteiger partial charge >= 0.3 is 5.97 Å². The normalized spacial score (nSPS) is 13.0. The van der Waals surface area contributed by atoms with E-state index in [1.807, 2.05) is 13.8 Å². The molecule has 4 N–H and O–H groups in total. The molecular weight excluding hydrogens is 368 g/mol. The van der Waals surface area contributed by atoms with E-state index in [1.54, 1.807) is 31.2 Å². The molecule has 2 atom stereocenters. The van der Waals surface area contributed by atoms with Gasteiger partial charge in [-0.3, -0.25) is 4.79 Å². The summed E-state index contributed by atoms with van der Waals surface area (Å²) in [6.07, 6.45) is 0.185. The third-order valence-corrected chi connectivity index (χ3v) is 4.98. The number of aryl methyl sites for hydroxylation is 2. The first-order valence-electron chi connectivity index (χ1n) is 10.0. The zero-order valence-electron chi connectivity index (χ0n) is 17.7. The maximum Gasteiger partial charge on any atom is 0.325 e. The molecule has 0 heterocycles. The van der Waals surface area contributed by atoms with Gasteiger partial charge in [0.25, 0.3) is 0 Å². The van der Waals surface area contributed by atoms with E-state index in [9.17, 15) is 15.0 Å². The number of rotatable bonds is 10. The molecule has 0 aliphatic heterocycles. The number of esters is 1. The van der Waals surface area contributed by atoms with Gasteiger partial charge in [-0.1, -0.05) is 18.2 Å². The summed E-state index contributed by atoms with van der Waals surface area (Å²) < 4.78 is 4.95. The largest absolute Gasteiger partial charge is 0.508 e. The van der Waals surface area contributed by atoms with Gasteiger partial charge in [-0.2, -0.15) is 0 Å². The summed E-state index contributed by atoms with van der Waals surface area (Å²) in [5, 5.41) is 26.3. The predicted molar refractivity (Wildman–Crippen MR) is 115 cm³/mol. The van der Waals surface area contributed by atoms with Crippen molar-refractivity contribution < 1.29 is 19.7 Å². The van der Waals surface area contributed by atoms with E-state index in [0.29, 0.717) is 6.61 Å². The van der Waals surface area contributed by atoms with Crippen molar-refractivity contribution in [2.45, 2.75) is 46.3 Å². The van der Waals surface area contributed by atoms with E-state index in [-0.39, 0.29) is 24.3 Å². The Balaban J connectivity index is 1.89. The molecule has 0 aliphatic carbocycles. The number of hydrogen-bond acceptors (Lipinski definition) is 6. The molecule has 0 saturated heterocycles. The van der Waals surface area contributed by atoms with Crippen LogP contribution >= 0.6 is 0 Å². The molecule has 0 radical (unpaired) electrons. The average molecular weight is 401 g/mol. The topological polar surface area (TPSA) is 90.8 Å². The van der Waals surface area contributed by atoms with E-state index in [0.717, 1.165) is 35.3 Å². The maximum absolute atomic E-state index is 11.5. The van der Waals surface area contributed by atoms with Crippen LogP contribution in [0.25, 0.3) is 0 Å². The lowest BCUT2D eigenvalue weighted by molar-refractivity contribution is -0.140. The van der Waals surface area contributed by atoms with Gasteiger partial charge in [0.1, 0.15) is 12.3 Å². The summed E-state index contributed by atoms with van der Waals surface area (Å²) in [4.78, 5) is 11.5.